The monoisotopic (exact) mass is 311 g/mol. The lowest BCUT2D eigenvalue weighted by Gasteiger charge is -2.36. The number of carbonyl (C=O) groups is 2. The number of esters is 1. The van der Waals surface area contributed by atoms with Gasteiger partial charge in [-0.25, -0.2) is 9.59 Å². The third-order valence-corrected chi connectivity index (χ3v) is 3.15. The molecule has 1 aliphatic heterocycles. The second-order valence-corrected chi connectivity index (χ2v) is 7.83. The van der Waals surface area contributed by atoms with Crippen LogP contribution in [0.3, 0.4) is 0 Å². The SMILES string of the molecule is CC1CCC(=CC(=O)OC(C)(C)C)CN1C(=O)OC(C)(C)C. The lowest BCUT2D eigenvalue weighted by molar-refractivity contribution is -0.148. The van der Waals surface area contributed by atoms with Crippen molar-refractivity contribution in [2.45, 2.75) is 78.6 Å². The molecule has 1 unspecified atom stereocenters. The summed E-state index contributed by atoms with van der Waals surface area (Å²) in [5, 5.41) is 0. The van der Waals surface area contributed by atoms with E-state index >= 15 is 0 Å². The Kier molecular flexibility index (Phi) is 5.65. The van der Waals surface area contributed by atoms with E-state index in [1.54, 1.807) is 4.90 Å². The molecule has 1 fully saturated rings. The number of hydrogen-bond donors (Lipinski definition) is 0. The molecule has 0 N–H and O–H groups in total. The van der Waals surface area contributed by atoms with E-state index in [1.165, 1.54) is 6.08 Å². The van der Waals surface area contributed by atoms with Crippen molar-refractivity contribution in [1.82, 2.24) is 4.90 Å². The Labute approximate surface area is 133 Å². The lowest BCUT2D eigenvalue weighted by atomic mass is 9.99. The fourth-order valence-corrected chi connectivity index (χ4v) is 2.18. The molecule has 1 aliphatic rings. The molecule has 1 saturated heterocycles. The number of hydrogen-bond acceptors (Lipinski definition) is 4. The first-order valence-electron chi connectivity index (χ1n) is 7.79. The van der Waals surface area contributed by atoms with Crippen LogP contribution < -0.4 is 0 Å². The summed E-state index contributed by atoms with van der Waals surface area (Å²) >= 11 is 0. The first-order chi connectivity index (χ1) is 9.87. The zero-order valence-electron chi connectivity index (χ0n) is 14.9. The average molecular weight is 311 g/mol. The number of piperidine rings is 1. The van der Waals surface area contributed by atoms with Gasteiger partial charge in [-0.15, -0.1) is 0 Å². The molecule has 0 aliphatic carbocycles. The van der Waals surface area contributed by atoms with Crippen LogP contribution in [0, 0.1) is 0 Å². The first kappa shape index (κ1) is 18.5. The van der Waals surface area contributed by atoms with Crippen LogP contribution in [0.25, 0.3) is 0 Å². The largest absolute Gasteiger partial charge is 0.457 e. The predicted octanol–water partition coefficient (Wildman–Crippen LogP) is 3.67. The molecule has 0 aromatic heterocycles. The third kappa shape index (κ3) is 6.50. The molecular formula is C17H29NO4. The molecular weight excluding hydrogens is 282 g/mol. The van der Waals surface area contributed by atoms with Crippen molar-refractivity contribution in [2.24, 2.45) is 0 Å². The van der Waals surface area contributed by atoms with Crippen LogP contribution in [0.1, 0.15) is 61.3 Å². The van der Waals surface area contributed by atoms with Gasteiger partial charge in [0.25, 0.3) is 0 Å². The quantitative estimate of drug-likeness (QED) is 0.547. The molecule has 1 heterocycles. The van der Waals surface area contributed by atoms with E-state index in [0.717, 1.165) is 18.4 Å². The van der Waals surface area contributed by atoms with Gasteiger partial charge in [-0.2, -0.15) is 0 Å². The highest BCUT2D eigenvalue weighted by Gasteiger charge is 2.30. The van der Waals surface area contributed by atoms with Gasteiger partial charge in [0.15, 0.2) is 0 Å². The molecule has 0 spiro atoms. The van der Waals surface area contributed by atoms with Crippen LogP contribution in [0.15, 0.2) is 11.6 Å². The maximum Gasteiger partial charge on any atom is 0.410 e. The van der Waals surface area contributed by atoms with Gasteiger partial charge in [0.2, 0.25) is 0 Å². The minimum absolute atomic E-state index is 0.102. The van der Waals surface area contributed by atoms with E-state index in [2.05, 4.69) is 0 Å². The number of carbonyl (C=O) groups excluding carboxylic acids is 2. The smallest absolute Gasteiger partial charge is 0.410 e. The fourth-order valence-electron chi connectivity index (χ4n) is 2.18. The molecule has 22 heavy (non-hydrogen) atoms. The molecule has 1 rings (SSSR count). The summed E-state index contributed by atoms with van der Waals surface area (Å²) in [5.74, 6) is -0.360. The highest BCUT2D eigenvalue weighted by Crippen LogP contribution is 2.24. The van der Waals surface area contributed by atoms with Crippen molar-refractivity contribution in [3.05, 3.63) is 11.6 Å². The molecule has 1 atom stereocenters. The van der Waals surface area contributed by atoms with E-state index in [1.807, 2.05) is 48.5 Å². The summed E-state index contributed by atoms with van der Waals surface area (Å²) in [5.41, 5.74) is -0.136. The molecule has 0 saturated carbocycles. The summed E-state index contributed by atoms with van der Waals surface area (Å²) in [6.45, 7) is 13.4. The van der Waals surface area contributed by atoms with Crippen LogP contribution in [0.2, 0.25) is 0 Å². The average Bonchev–Trinajstić information content (AvgIpc) is 2.26. The fraction of sp³-hybridized carbons (Fsp3) is 0.765. The second kappa shape index (κ2) is 6.71. The maximum atomic E-state index is 12.2. The lowest BCUT2D eigenvalue weighted by Crippen LogP contribution is -2.45. The molecule has 5 nitrogen and oxygen atoms in total. The van der Waals surface area contributed by atoms with Gasteiger partial charge in [-0.3, -0.25) is 0 Å². The second-order valence-electron chi connectivity index (χ2n) is 7.83. The van der Waals surface area contributed by atoms with Crippen molar-refractivity contribution in [3.8, 4) is 0 Å². The Balaban J connectivity index is 2.74. The molecule has 0 bridgehead atoms. The molecule has 0 radical (unpaired) electrons. The predicted molar refractivity (Wildman–Crippen MR) is 85.6 cm³/mol. The molecule has 0 aromatic carbocycles. The summed E-state index contributed by atoms with van der Waals surface area (Å²) < 4.78 is 10.7. The van der Waals surface area contributed by atoms with E-state index in [-0.39, 0.29) is 18.1 Å². The number of nitrogens with zero attached hydrogens (tertiary/aromatic N) is 1. The van der Waals surface area contributed by atoms with Crippen molar-refractivity contribution in [1.29, 1.82) is 0 Å². The van der Waals surface area contributed by atoms with Crippen molar-refractivity contribution < 1.29 is 19.1 Å². The summed E-state index contributed by atoms with van der Waals surface area (Å²) in [7, 11) is 0. The highest BCUT2D eigenvalue weighted by molar-refractivity contribution is 5.83. The topological polar surface area (TPSA) is 55.8 Å². The zero-order chi connectivity index (χ0) is 17.1. The summed E-state index contributed by atoms with van der Waals surface area (Å²) in [4.78, 5) is 25.8. The Bertz CT molecular complexity index is 454. The number of ether oxygens (including phenoxy) is 2. The van der Waals surface area contributed by atoms with Crippen molar-refractivity contribution in [3.63, 3.8) is 0 Å². The number of rotatable bonds is 1. The van der Waals surface area contributed by atoms with Crippen LogP contribution >= 0.6 is 0 Å². The summed E-state index contributed by atoms with van der Waals surface area (Å²) in [6, 6.07) is 0.102. The molecule has 0 aromatic rings. The minimum Gasteiger partial charge on any atom is -0.457 e. The third-order valence-electron chi connectivity index (χ3n) is 3.15. The highest BCUT2D eigenvalue weighted by atomic mass is 16.6. The van der Waals surface area contributed by atoms with E-state index < -0.39 is 11.2 Å². The van der Waals surface area contributed by atoms with Crippen LogP contribution in [0.5, 0.6) is 0 Å². The Hall–Kier alpha value is -1.52. The standard InChI is InChI=1S/C17H29NO4/c1-12-8-9-13(10-14(19)21-16(2,3)4)11-18(12)15(20)22-17(5,6)7/h10,12H,8-9,11H2,1-7H3. The van der Waals surface area contributed by atoms with Gasteiger partial charge >= 0.3 is 12.1 Å². The Morgan fingerprint density at radius 2 is 1.64 bits per heavy atom. The van der Waals surface area contributed by atoms with Gasteiger partial charge in [0.1, 0.15) is 11.2 Å². The molecule has 1 amide bonds. The van der Waals surface area contributed by atoms with Crippen molar-refractivity contribution >= 4 is 12.1 Å². The molecule has 126 valence electrons. The maximum absolute atomic E-state index is 12.2. The van der Waals surface area contributed by atoms with Crippen molar-refractivity contribution in [2.75, 3.05) is 6.54 Å². The van der Waals surface area contributed by atoms with Gasteiger partial charge < -0.3 is 14.4 Å². The minimum atomic E-state index is -0.525. The van der Waals surface area contributed by atoms with E-state index in [9.17, 15) is 9.59 Å². The van der Waals surface area contributed by atoms with Crippen LogP contribution in [-0.4, -0.2) is 40.8 Å². The van der Waals surface area contributed by atoms with Gasteiger partial charge in [-0.05, 0) is 66.9 Å². The van der Waals surface area contributed by atoms with Crippen LogP contribution in [-0.2, 0) is 14.3 Å². The van der Waals surface area contributed by atoms with E-state index in [4.69, 9.17) is 9.47 Å². The number of likely N-dealkylation sites (tertiary alicyclic amines) is 1. The van der Waals surface area contributed by atoms with E-state index in [0.29, 0.717) is 6.54 Å². The normalized spacial score (nSPS) is 21.7. The zero-order valence-corrected chi connectivity index (χ0v) is 14.9. The Morgan fingerprint density at radius 1 is 1.09 bits per heavy atom. The summed E-state index contributed by atoms with van der Waals surface area (Å²) in [6.07, 6.45) is 2.78. The molecule has 5 heteroatoms. The van der Waals surface area contributed by atoms with Gasteiger partial charge in [0.05, 0.1) is 0 Å². The van der Waals surface area contributed by atoms with Crippen LogP contribution in [0.4, 0.5) is 4.79 Å². The number of amides is 1. The first-order valence-corrected chi connectivity index (χ1v) is 7.79. The Morgan fingerprint density at radius 3 is 2.14 bits per heavy atom. The van der Waals surface area contributed by atoms with Gasteiger partial charge in [0, 0.05) is 18.7 Å². The van der Waals surface area contributed by atoms with Gasteiger partial charge in [-0.1, -0.05) is 0 Å².